The maximum Gasteiger partial charge on any atom is 0.326 e. The summed E-state index contributed by atoms with van der Waals surface area (Å²) < 4.78 is 5.03. The van der Waals surface area contributed by atoms with Crippen LogP contribution < -0.4 is 10.1 Å². The van der Waals surface area contributed by atoms with Crippen LogP contribution in [0, 0.1) is 0 Å². The van der Waals surface area contributed by atoms with E-state index in [1.807, 2.05) is 0 Å². The molecule has 0 bridgehead atoms. The zero-order valence-electron chi connectivity index (χ0n) is 13.1. The standard InChI is InChI=1S/C15H22N2O6/c1-17(8-11(19)9-18)15(22)16-13(14(20)21)7-10-3-5-12(23-2)6-4-10/h3-6,11,13,18-19H,7-9H2,1-2H3,(H,16,22)(H,20,21)/t11?,13-/m0/s1. The number of aliphatic carboxylic acids is 1. The molecular weight excluding hydrogens is 304 g/mol. The number of ether oxygens (including phenoxy) is 1. The molecule has 0 spiro atoms. The molecule has 1 rings (SSSR count). The highest BCUT2D eigenvalue weighted by molar-refractivity contribution is 5.82. The number of nitrogens with one attached hydrogen (secondary N) is 1. The highest BCUT2D eigenvalue weighted by Gasteiger charge is 2.23. The van der Waals surface area contributed by atoms with E-state index in [-0.39, 0.29) is 13.0 Å². The van der Waals surface area contributed by atoms with Gasteiger partial charge in [0, 0.05) is 13.5 Å². The zero-order valence-corrected chi connectivity index (χ0v) is 13.1. The van der Waals surface area contributed by atoms with Crippen LogP contribution in [0.3, 0.4) is 0 Å². The quantitative estimate of drug-likeness (QED) is 0.520. The Bertz CT molecular complexity index is 519. The van der Waals surface area contributed by atoms with E-state index in [9.17, 15) is 19.8 Å². The van der Waals surface area contributed by atoms with Crippen molar-refractivity contribution in [3.8, 4) is 5.75 Å². The van der Waals surface area contributed by atoms with Crippen LogP contribution in [0.2, 0.25) is 0 Å². The van der Waals surface area contributed by atoms with Gasteiger partial charge >= 0.3 is 12.0 Å². The molecule has 23 heavy (non-hydrogen) atoms. The summed E-state index contributed by atoms with van der Waals surface area (Å²) in [5.74, 6) is -0.507. The van der Waals surface area contributed by atoms with Crippen LogP contribution in [-0.2, 0) is 11.2 Å². The van der Waals surface area contributed by atoms with Gasteiger partial charge in [-0.1, -0.05) is 12.1 Å². The van der Waals surface area contributed by atoms with Crippen LogP contribution in [0.1, 0.15) is 5.56 Å². The van der Waals surface area contributed by atoms with E-state index < -0.39 is 30.8 Å². The second-order valence-electron chi connectivity index (χ2n) is 5.11. The topological polar surface area (TPSA) is 119 Å². The Morgan fingerprint density at radius 2 is 1.91 bits per heavy atom. The Balaban J connectivity index is 2.67. The van der Waals surface area contributed by atoms with E-state index in [2.05, 4.69) is 5.32 Å². The molecule has 4 N–H and O–H groups in total. The molecule has 1 aromatic rings. The molecule has 0 aliphatic rings. The van der Waals surface area contributed by atoms with Crippen molar-refractivity contribution >= 4 is 12.0 Å². The Kier molecular flexibility index (Phi) is 7.30. The van der Waals surface area contributed by atoms with Gasteiger partial charge in [0.1, 0.15) is 11.8 Å². The van der Waals surface area contributed by atoms with E-state index in [0.717, 1.165) is 10.5 Å². The molecule has 2 atom stereocenters. The summed E-state index contributed by atoms with van der Waals surface area (Å²) >= 11 is 0. The lowest BCUT2D eigenvalue weighted by atomic mass is 10.1. The Morgan fingerprint density at radius 3 is 2.39 bits per heavy atom. The fraction of sp³-hybridized carbons (Fsp3) is 0.467. The zero-order chi connectivity index (χ0) is 17.4. The first-order chi connectivity index (χ1) is 10.9. The summed E-state index contributed by atoms with van der Waals surface area (Å²) in [6, 6.07) is 5.11. The summed E-state index contributed by atoms with van der Waals surface area (Å²) in [4.78, 5) is 24.4. The van der Waals surface area contributed by atoms with Crippen LogP contribution in [0.5, 0.6) is 5.75 Å². The van der Waals surface area contributed by atoms with Crippen LogP contribution in [0.4, 0.5) is 4.79 Å². The number of carbonyl (C=O) groups is 2. The lowest BCUT2D eigenvalue weighted by molar-refractivity contribution is -0.139. The van der Waals surface area contributed by atoms with Crippen molar-refractivity contribution in [2.24, 2.45) is 0 Å². The van der Waals surface area contributed by atoms with Crippen LogP contribution >= 0.6 is 0 Å². The molecular formula is C15H22N2O6. The maximum atomic E-state index is 11.9. The molecule has 0 heterocycles. The summed E-state index contributed by atoms with van der Waals surface area (Å²) in [6.45, 7) is -0.580. The van der Waals surface area contributed by atoms with Crippen molar-refractivity contribution in [1.82, 2.24) is 10.2 Å². The van der Waals surface area contributed by atoms with E-state index >= 15 is 0 Å². The van der Waals surface area contributed by atoms with Crippen LogP contribution in [0.15, 0.2) is 24.3 Å². The number of rotatable bonds is 8. The van der Waals surface area contributed by atoms with Crippen LogP contribution in [0.25, 0.3) is 0 Å². The average Bonchev–Trinajstić information content (AvgIpc) is 2.54. The molecule has 8 heteroatoms. The smallest absolute Gasteiger partial charge is 0.326 e. The highest BCUT2D eigenvalue weighted by atomic mass is 16.5. The number of carbonyl (C=O) groups excluding carboxylic acids is 1. The van der Waals surface area contributed by atoms with Gasteiger partial charge in [-0.3, -0.25) is 0 Å². The molecule has 0 saturated carbocycles. The predicted molar refractivity (Wildman–Crippen MR) is 82.4 cm³/mol. The molecule has 8 nitrogen and oxygen atoms in total. The van der Waals surface area contributed by atoms with E-state index in [1.54, 1.807) is 24.3 Å². The van der Waals surface area contributed by atoms with Gasteiger partial charge in [-0.15, -0.1) is 0 Å². The normalized spacial score (nSPS) is 13.0. The fourth-order valence-corrected chi connectivity index (χ4v) is 1.91. The number of methoxy groups -OCH3 is 1. The van der Waals surface area contributed by atoms with Crippen molar-refractivity contribution in [1.29, 1.82) is 0 Å². The molecule has 0 radical (unpaired) electrons. The van der Waals surface area contributed by atoms with Gasteiger partial charge in [0.25, 0.3) is 0 Å². The molecule has 128 valence electrons. The summed E-state index contributed by atoms with van der Waals surface area (Å²) in [7, 11) is 2.94. The minimum absolute atomic E-state index is 0.1000. The third-order valence-corrected chi connectivity index (χ3v) is 3.24. The number of hydrogen-bond acceptors (Lipinski definition) is 5. The van der Waals surface area contributed by atoms with Gasteiger partial charge in [-0.05, 0) is 17.7 Å². The highest BCUT2D eigenvalue weighted by Crippen LogP contribution is 2.13. The second kappa shape index (κ2) is 8.96. The Morgan fingerprint density at radius 1 is 1.30 bits per heavy atom. The number of nitrogens with zero attached hydrogens (tertiary/aromatic N) is 1. The number of aliphatic hydroxyl groups excluding tert-OH is 2. The molecule has 0 aliphatic heterocycles. The number of likely N-dealkylation sites (N-methyl/N-ethyl adjacent to an activating group) is 1. The van der Waals surface area contributed by atoms with Crippen molar-refractivity contribution < 1.29 is 29.6 Å². The number of carboxylic acid groups (broad SMARTS) is 1. The van der Waals surface area contributed by atoms with Gasteiger partial charge < -0.3 is 30.3 Å². The average molecular weight is 326 g/mol. The first-order valence-corrected chi connectivity index (χ1v) is 7.03. The SMILES string of the molecule is COc1ccc(C[C@H](NC(=O)N(C)CC(O)CO)C(=O)O)cc1. The third kappa shape index (κ3) is 6.13. The largest absolute Gasteiger partial charge is 0.497 e. The van der Waals surface area contributed by atoms with Crippen LogP contribution in [-0.4, -0.2) is 71.7 Å². The van der Waals surface area contributed by atoms with E-state index in [1.165, 1.54) is 14.2 Å². The third-order valence-electron chi connectivity index (χ3n) is 3.24. The number of benzene rings is 1. The minimum atomic E-state index is -1.16. The summed E-state index contributed by atoms with van der Waals surface area (Å²) in [5.41, 5.74) is 0.733. The van der Waals surface area contributed by atoms with Gasteiger partial charge in [0.2, 0.25) is 0 Å². The number of carboxylic acids is 1. The predicted octanol–water partition coefficient (Wildman–Crippen LogP) is -0.314. The monoisotopic (exact) mass is 326 g/mol. The first kappa shape index (κ1) is 18.7. The first-order valence-electron chi connectivity index (χ1n) is 7.03. The van der Waals surface area contributed by atoms with E-state index in [0.29, 0.717) is 5.75 Å². The fourth-order valence-electron chi connectivity index (χ4n) is 1.91. The van der Waals surface area contributed by atoms with Crippen molar-refractivity contribution in [3.05, 3.63) is 29.8 Å². The maximum absolute atomic E-state index is 11.9. The summed E-state index contributed by atoms with van der Waals surface area (Å²) in [6.07, 6.45) is -0.961. The molecule has 0 aromatic heterocycles. The van der Waals surface area contributed by atoms with Crippen molar-refractivity contribution in [2.45, 2.75) is 18.6 Å². The second-order valence-corrected chi connectivity index (χ2v) is 5.11. The number of urea groups is 1. The van der Waals surface area contributed by atoms with Gasteiger partial charge in [-0.2, -0.15) is 0 Å². The number of amides is 2. The van der Waals surface area contributed by atoms with Gasteiger partial charge in [-0.25, -0.2) is 9.59 Å². The lowest BCUT2D eigenvalue weighted by Crippen LogP contribution is -2.49. The number of hydrogen-bond donors (Lipinski definition) is 4. The minimum Gasteiger partial charge on any atom is -0.497 e. The molecule has 1 aromatic carbocycles. The molecule has 0 saturated heterocycles. The lowest BCUT2D eigenvalue weighted by Gasteiger charge is -2.23. The van der Waals surface area contributed by atoms with Gasteiger partial charge in [0.15, 0.2) is 0 Å². The van der Waals surface area contributed by atoms with Crippen molar-refractivity contribution in [3.63, 3.8) is 0 Å². The summed E-state index contributed by atoms with van der Waals surface area (Å²) in [5, 5.41) is 29.7. The Labute approximate surface area is 134 Å². The molecule has 0 aliphatic carbocycles. The van der Waals surface area contributed by atoms with E-state index in [4.69, 9.17) is 9.84 Å². The molecule has 2 amide bonds. The van der Waals surface area contributed by atoms with Crippen molar-refractivity contribution in [2.75, 3.05) is 27.3 Å². The molecule has 1 unspecified atom stereocenters. The molecule has 0 fully saturated rings. The number of aliphatic hydroxyl groups is 2. The van der Waals surface area contributed by atoms with Gasteiger partial charge in [0.05, 0.1) is 26.4 Å². The Hall–Kier alpha value is -2.32.